The van der Waals surface area contributed by atoms with Gasteiger partial charge in [0.1, 0.15) is 12.4 Å². The molecule has 1 aromatic heterocycles. The number of nitrogens with zero attached hydrogens (tertiary/aromatic N) is 3. The standard InChI is InChI=1S/C19H20ClN5O5S/c20-15-4-3-11(25(28)29)6-13(15)19(27)22-18-14-9-31-10-16(14)23-24(18)8-17(26)21-7-12-2-1-5-30-12/h3-4,6,12H,1-2,5,7-10H2,(H,21,26)(H,22,27). The number of carbonyl (C=O) groups excluding carboxylic acids is 2. The van der Waals surface area contributed by atoms with Crippen molar-refractivity contribution in [2.45, 2.75) is 37.0 Å². The molecule has 0 spiro atoms. The monoisotopic (exact) mass is 465 g/mol. The molecule has 2 aliphatic rings. The Kier molecular flexibility index (Phi) is 6.44. The molecule has 2 amide bonds. The number of thioether (sulfide) groups is 1. The van der Waals surface area contributed by atoms with Gasteiger partial charge in [-0.1, -0.05) is 11.6 Å². The number of nitrogens with one attached hydrogen (secondary N) is 2. The smallest absolute Gasteiger partial charge is 0.270 e. The molecule has 31 heavy (non-hydrogen) atoms. The van der Waals surface area contributed by atoms with Gasteiger partial charge in [-0.05, 0) is 18.9 Å². The topological polar surface area (TPSA) is 128 Å². The lowest BCUT2D eigenvalue weighted by molar-refractivity contribution is -0.384. The maximum absolute atomic E-state index is 12.9. The van der Waals surface area contributed by atoms with E-state index >= 15 is 0 Å². The highest BCUT2D eigenvalue weighted by molar-refractivity contribution is 7.98. The second-order valence-corrected chi connectivity index (χ2v) is 8.63. The molecule has 0 saturated carbocycles. The third kappa shape index (κ3) is 4.83. The third-order valence-electron chi connectivity index (χ3n) is 5.10. The first-order chi connectivity index (χ1) is 14.9. The van der Waals surface area contributed by atoms with E-state index in [4.69, 9.17) is 16.3 Å². The Bertz CT molecular complexity index is 1040. The molecule has 2 aliphatic heterocycles. The third-order valence-corrected chi connectivity index (χ3v) is 6.40. The fourth-order valence-corrected chi connectivity index (χ4v) is 4.76. The number of hydrogen-bond donors (Lipinski definition) is 2. The maximum atomic E-state index is 12.9. The quantitative estimate of drug-likeness (QED) is 0.475. The highest BCUT2D eigenvalue weighted by Gasteiger charge is 2.26. The van der Waals surface area contributed by atoms with Crippen molar-refractivity contribution in [3.8, 4) is 0 Å². The summed E-state index contributed by atoms with van der Waals surface area (Å²) in [6.07, 6.45) is 1.93. The molecule has 10 nitrogen and oxygen atoms in total. The zero-order valence-corrected chi connectivity index (χ0v) is 18.0. The van der Waals surface area contributed by atoms with Crippen molar-refractivity contribution >= 4 is 46.7 Å². The first kappa shape index (κ1) is 21.6. The largest absolute Gasteiger partial charge is 0.376 e. The number of anilines is 1. The zero-order chi connectivity index (χ0) is 22.0. The summed E-state index contributed by atoms with van der Waals surface area (Å²) >= 11 is 7.75. The van der Waals surface area contributed by atoms with Gasteiger partial charge in [0.2, 0.25) is 5.91 Å². The van der Waals surface area contributed by atoms with Crippen molar-refractivity contribution in [3.05, 3.63) is 50.2 Å². The van der Waals surface area contributed by atoms with Crippen LogP contribution < -0.4 is 10.6 Å². The maximum Gasteiger partial charge on any atom is 0.270 e. The van der Waals surface area contributed by atoms with Crippen molar-refractivity contribution in [1.29, 1.82) is 0 Å². The Morgan fingerprint density at radius 2 is 2.23 bits per heavy atom. The molecule has 1 saturated heterocycles. The lowest BCUT2D eigenvalue weighted by Gasteiger charge is -2.13. The number of nitro groups is 1. The lowest BCUT2D eigenvalue weighted by atomic mass is 10.2. The summed E-state index contributed by atoms with van der Waals surface area (Å²) in [5.41, 5.74) is 1.38. The van der Waals surface area contributed by atoms with E-state index in [0.29, 0.717) is 30.5 Å². The number of fused-ring (bicyclic) bond motifs is 1. The molecule has 0 radical (unpaired) electrons. The molecule has 2 N–H and O–H groups in total. The lowest BCUT2D eigenvalue weighted by Crippen LogP contribution is -2.34. The van der Waals surface area contributed by atoms with Crippen LogP contribution in [0.4, 0.5) is 11.5 Å². The summed E-state index contributed by atoms with van der Waals surface area (Å²) in [7, 11) is 0. The van der Waals surface area contributed by atoms with Gasteiger partial charge in [0, 0.05) is 42.4 Å². The number of amides is 2. The molecule has 3 heterocycles. The van der Waals surface area contributed by atoms with Gasteiger partial charge in [-0.25, -0.2) is 4.68 Å². The van der Waals surface area contributed by atoms with E-state index < -0.39 is 10.8 Å². The molecule has 12 heteroatoms. The Hall–Kier alpha value is -2.63. The molecule has 1 unspecified atom stereocenters. The first-order valence-electron chi connectivity index (χ1n) is 9.72. The summed E-state index contributed by atoms with van der Waals surface area (Å²) in [6.45, 7) is 1.07. The number of ether oxygens (including phenoxy) is 1. The predicted octanol–water partition coefficient (Wildman–Crippen LogP) is 2.74. The molecule has 2 aromatic rings. The van der Waals surface area contributed by atoms with Crippen LogP contribution in [0.1, 0.15) is 34.5 Å². The fraction of sp³-hybridized carbons (Fsp3) is 0.421. The summed E-state index contributed by atoms with van der Waals surface area (Å²) in [6, 6.07) is 3.67. The van der Waals surface area contributed by atoms with Crippen LogP contribution in [-0.2, 0) is 27.6 Å². The minimum absolute atomic E-state index is 0.0224. The van der Waals surface area contributed by atoms with E-state index in [1.54, 1.807) is 11.8 Å². The number of rotatable bonds is 7. The van der Waals surface area contributed by atoms with E-state index in [0.717, 1.165) is 30.2 Å². The average Bonchev–Trinajstić information content (AvgIpc) is 3.46. The highest BCUT2D eigenvalue weighted by atomic mass is 35.5. The van der Waals surface area contributed by atoms with Crippen LogP contribution in [0.15, 0.2) is 18.2 Å². The summed E-state index contributed by atoms with van der Waals surface area (Å²) in [4.78, 5) is 35.8. The van der Waals surface area contributed by atoms with Crippen LogP contribution in [0.2, 0.25) is 5.02 Å². The average molecular weight is 466 g/mol. The molecule has 164 valence electrons. The molecule has 0 aliphatic carbocycles. The van der Waals surface area contributed by atoms with Gasteiger partial charge in [-0.3, -0.25) is 19.7 Å². The van der Waals surface area contributed by atoms with E-state index in [2.05, 4.69) is 15.7 Å². The van der Waals surface area contributed by atoms with Gasteiger partial charge in [-0.2, -0.15) is 16.9 Å². The Labute approximate surface area is 186 Å². The summed E-state index contributed by atoms with van der Waals surface area (Å²) < 4.78 is 6.97. The normalized spacial score (nSPS) is 17.4. The Morgan fingerprint density at radius 3 is 2.97 bits per heavy atom. The van der Waals surface area contributed by atoms with Crippen LogP contribution >= 0.6 is 23.4 Å². The molecular formula is C19H20ClN5O5S. The van der Waals surface area contributed by atoms with Crippen molar-refractivity contribution in [2.24, 2.45) is 0 Å². The van der Waals surface area contributed by atoms with Crippen molar-refractivity contribution in [2.75, 3.05) is 18.5 Å². The van der Waals surface area contributed by atoms with Gasteiger partial charge in [0.05, 0.1) is 27.3 Å². The first-order valence-corrected chi connectivity index (χ1v) is 11.3. The van der Waals surface area contributed by atoms with Gasteiger partial charge in [0.25, 0.3) is 11.6 Å². The molecular weight excluding hydrogens is 446 g/mol. The van der Waals surface area contributed by atoms with Crippen LogP contribution in [0, 0.1) is 10.1 Å². The van der Waals surface area contributed by atoms with Gasteiger partial charge >= 0.3 is 0 Å². The van der Waals surface area contributed by atoms with E-state index in [1.165, 1.54) is 16.8 Å². The van der Waals surface area contributed by atoms with E-state index in [9.17, 15) is 19.7 Å². The van der Waals surface area contributed by atoms with Gasteiger partial charge in [0.15, 0.2) is 0 Å². The van der Waals surface area contributed by atoms with Gasteiger partial charge < -0.3 is 15.4 Å². The number of nitro benzene ring substituents is 1. The molecule has 4 rings (SSSR count). The van der Waals surface area contributed by atoms with E-state index in [1.807, 2.05) is 0 Å². The second kappa shape index (κ2) is 9.25. The minimum Gasteiger partial charge on any atom is -0.376 e. The molecule has 1 fully saturated rings. The Balaban J connectivity index is 1.51. The van der Waals surface area contributed by atoms with Crippen LogP contribution in [-0.4, -0.2) is 45.8 Å². The number of aromatic nitrogens is 2. The summed E-state index contributed by atoms with van der Waals surface area (Å²) in [5.74, 6) is 0.883. The number of carbonyl (C=O) groups is 2. The zero-order valence-electron chi connectivity index (χ0n) is 16.4. The SMILES string of the molecule is O=C(Cn1nc2c(c1NC(=O)c1cc([N+](=O)[O-])ccc1Cl)CSC2)NCC1CCCO1. The molecule has 1 atom stereocenters. The predicted molar refractivity (Wildman–Crippen MR) is 115 cm³/mol. The van der Waals surface area contributed by atoms with Crippen molar-refractivity contribution < 1.29 is 19.2 Å². The Morgan fingerprint density at radius 1 is 1.39 bits per heavy atom. The second-order valence-electron chi connectivity index (χ2n) is 7.24. The minimum atomic E-state index is -0.602. The van der Waals surface area contributed by atoms with Crippen molar-refractivity contribution in [3.63, 3.8) is 0 Å². The number of halogens is 1. The van der Waals surface area contributed by atoms with Crippen LogP contribution in [0.5, 0.6) is 0 Å². The molecule has 1 aromatic carbocycles. The number of non-ortho nitro benzene ring substituents is 1. The van der Waals surface area contributed by atoms with Crippen molar-refractivity contribution in [1.82, 2.24) is 15.1 Å². The van der Waals surface area contributed by atoms with Gasteiger partial charge in [-0.15, -0.1) is 0 Å². The van der Waals surface area contributed by atoms with Crippen LogP contribution in [0.25, 0.3) is 0 Å². The molecule has 0 bridgehead atoms. The number of hydrogen-bond acceptors (Lipinski definition) is 7. The highest BCUT2D eigenvalue weighted by Crippen LogP contribution is 2.35. The number of benzene rings is 1. The summed E-state index contributed by atoms with van der Waals surface area (Å²) in [5, 5.41) is 21.2. The fourth-order valence-electron chi connectivity index (χ4n) is 3.52. The van der Waals surface area contributed by atoms with Crippen LogP contribution in [0.3, 0.4) is 0 Å². The van der Waals surface area contributed by atoms with E-state index in [-0.39, 0.29) is 34.8 Å².